The molecule has 0 aliphatic carbocycles. The Morgan fingerprint density at radius 2 is 1.59 bits per heavy atom. The van der Waals surface area contributed by atoms with Crippen molar-refractivity contribution in [1.29, 1.82) is 0 Å². The molecule has 1 aromatic carbocycles. The van der Waals surface area contributed by atoms with Crippen molar-refractivity contribution in [2.24, 2.45) is 0 Å². The summed E-state index contributed by atoms with van der Waals surface area (Å²) in [6, 6.07) is 5.13. The van der Waals surface area contributed by atoms with Crippen LogP contribution in [0, 0.1) is 0 Å². The molecule has 1 aromatic rings. The minimum atomic E-state index is -4.38. The van der Waals surface area contributed by atoms with Gasteiger partial charge in [0.25, 0.3) is 0 Å². The molecule has 17 heavy (non-hydrogen) atoms. The van der Waals surface area contributed by atoms with Crippen molar-refractivity contribution in [3.05, 3.63) is 29.3 Å². The van der Waals surface area contributed by atoms with Crippen LogP contribution in [-0.2, 0) is 10.1 Å². The Kier molecular flexibility index (Phi) is 6.39. The zero-order valence-corrected chi connectivity index (χ0v) is 13.8. The second-order valence-electron chi connectivity index (χ2n) is 4.56. The molecule has 1 rings (SSSR count). The molecule has 0 fully saturated rings. The van der Waals surface area contributed by atoms with Crippen LogP contribution < -0.4 is 29.6 Å². The molecule has 3 nitrogen and oxygen atoms in total. The van der Waals surface area contributed by atoms with Crippen LogP contribution in [0.3, 0.4) is 0 Å². The number of rotatable bonds is 3. The van der Waals surface area contributed by atoms with Gasteiger partial charge in [0.15, 0.2) is 0 Å². The number of hydrogen-bond acceptors (Lipinski definition) is 3. The van der Waals surface area contributed by atoms with Crippen LogP contribution in [0.5, 0.6) is 0 Å². The Balaban J connectivity index is 0.00000256. The third-order valence-corrected chi connectivity index (χ3v) is 3.49. The first-order valence-electron chi connectivity index (χ1n) is 5.33. The molecule has 0 N–H and O–H groups in total. The van der Waals surface area contributed by atoms with Gasteiger partial charge in [0, 0.05) is 0 Å². The topological polar surface area (TPSA) is 57.2 Å². The van der Waals surface area contributed by atoms with E-state index in [1.54, 1.807) is 6.07 Å². The summed E-state index contributed by atoms with van der Waals surface area (Å²) in [6.45, 7) is 7.68. The van der Waals surface area contributed by atoms with Gasteiger partial charge >= 0.3 is 29.6 Å². The zero-order chi connectivity index (χ0) is 12.5. The Morgan fingerprint density at radius 1 is 1.06 bits per heavy atom. The van der Waals surface area contributed by atoms with Gasteiger partial charge in [-0.15, -0.1) is 0 Å². The fourth-order valence-electron chi connectivity index (χ4n) is 1.60. The number of benzene rings is 1. The molecule has 0 unspecified atom stereocenters. The fraction of sp³-hybridized carbons (Fsp3) is 0.500. The molecule has 0 saturated heterocycles. The third kappa shape index (κ3) is 4.38. The number of hydrogen-bond donors (Lipinski definition) is 0. The van der Waals surface area contributed by atoms with Crippen LogP contribution in [0.15, 0.2) is 23.1 Å². The summed E-state index contributed by atoms with van der Waals surface area (Å²) in [5.41, 5.74) is 1.47. The van der Waals surface area contributed by atoms with Crippen LogP contribution in [0.25, 0.3) is 0 Å². The van der Waals surface area contributed by atoms with E-state index in [0.29, 0.717) is 5.56 Å². The molecule has 0 saturated carbocycles. The van der Waals surface area contributed by atoms with Crippen molar-refractivity contribution in [1.82, 2.24) is 0 Å². The molecule has 5 heteroatoms. The zero-order valence-electron chi connectivity index (χ0n) is 11.0. The van der Waals surface area contributed by atoms with E-state index in [4.69, 9.17) is 0 Å². The summed E-state index contributed by atoms with van der Waals surface area (Å²) >= 11 is 0. The van der Waals surface area contributed by atoms with Crippen molar-refractivity contribution < 1.29 is 42.5 Å². The van der Waals surface area contributed by atoms with Crippen molar-refractivity contribution >= 4 is 10.1 Å². The summed E-state index contributed by atoms with van der Waals surface area (Å²) in [6.07, 6.45) is 0. The molecular formula is C12H17NaO3S. The standard InChI is InChI=1S/C12H18O3S.Na/c1-8(2)10-5-6-11(9(3)4)12(7-10)16(13,14)15;/h5-9H,1-4H3,(H,13,14,15);/q;+1/p-1. The second kappa shape index (κ2) is 6.34. The van der Waals surface area contributed by atoms with Crippen LogP contribution >= 0.6 is 0 Å². The van der Waals surface area contributed by atoms with Gasteiger partial charge in [0.2, 0.25) is 0 Å². The van der Waals surface area contributed by atoms with E-state index in [0.717, 1.165) is 5.56 Å². The van der Waals surface area contributed by atoms with Gasteiger partial charge in [-0.1, -0.05) is 39.8 Å². The summed E-state index contributed by atoms with van der Waals surface area (Å²) in [4.78, 5) is -0.0753. The summed E-state index contributed by atoms with van der Waals surface area (Å²) in [5, 5.41) is 0. The van der Waals surface area contributed by atoms with E-state index in [9.17, 15) is 13.0 Å². The van der Waals surface area contributed by atoms with Crippen LogP contribution in [0.4, 0.5) is 0 Å². The molecule has 0 aliphatic rings. The van der Waals surface area contributed by atoms with Crippen LogP contribution in [0.1, 0.15) is 50.7 Å². The van der Waals surface area contributed by atoms with E-state index in [1.165, 1.54) is 6.07 Å². The summed E-state index contributed by atoms with van der Waals surface area (Å²) < 4.78 is 33.5. The summed E-state index contributed by atoms with van der Waals surface area (Å²) in [7, 11) is -4.38. The van der Waals surface area contributed by atoms with Gasteiger partial charge in [-0.25, -0.2) is 8.42 Å². The SMILES string of the molecule is CC(C)c1ccc(C(C)C)c(S(=O)(=O)[O-])c1.[Na+]. The first-order valence-corrected chi connectivity index (χ1v) is 6.74. The predicted molar refractivity (Wildman–Crippen MR) is 62.6 cm³/mol. The molecule has 0 aliphatic heterocycles. The van der Waals surface area contributed by atoms with Gasteiger partial charge in [0.1, 0.15) is 10.1 Å². The maximum atomic E-state index is 11.2. The summed E-state index contributed by atoms with van der Waals surface area (Å²) in [5.74, 6) is 0.238. The van der Waals surface area contributed by atoms with E-state index in [2.05, 4.69) is 0 Å². The molecule has 0 spiro atoms. The molecule has 0 heterocycles. The smallest absolute Gasteiger partial charge is 0.744 e. The largest absolute Gasteiger partial charge is 1.00 e. The second-order valence-corrected chi connectivity index (χ2v) is 5.91. The first kappa shape index (κ1) is 17.1. The van der Waals surface area contributed by atoms with E-state index < -0.39 is 10.1 Å². The van der Waals surface area contributed by atoms with Gasteiger partial charge in [-0.05, 0) is 29.0 Å². The Bertz CT molecular complexity index is 479. The van der Waals surface area contributed by atoms with Crippen molar-refractivity contribution in [2.75, 3.05) is 0 Å². The Labute approximate surface area is 126 Å². The predicted octanol–water partition coefficient (Wildman–Crippen LogP) is -0.158. The van der Waals surface area contributed by atoms with Gasteiger partial charge in [-0.3, -0.25) is 0 Å². The minimum absolute atomic E-state index is 0. The van der Waals surface area contributed by atoms with E-state index in [-0.39, 0.29) is 46.3 Å². The van der Waals surface area contributed by atoms with Crippen molar-refractivity contribution in [3.8, 4) is 0 Å². The molecule has 0 atom stereocenters. The molecular weight excluding hydrogens is 247 g/mol. The third-order valence-electron chi connectivity index (χ3n) is 2.60. The monoisotopic (exact) mass is 264 g/mol. The van der Waals surface area contributed by atoms with Crippen LogP contribution in [0.2, 0.25) is 0 Å². The fourth-order valence-corrected chi connectivity index (χ4v) is 2.48. The average Bonchev–Trinajstić information content (AvgIpc) is 2.15. The Morgan fingerprint density at radius 3 is 1.94 bits per heavy atom. The van der Waals surface area contributed by atoms with Crippen LogP contribution in [-0.4, -0.2) is 13.0 Å². The van der Waals surface area contributed by atoms with Gasteiger partial charge in [0.05, 0.1) is 4.90 Å². The molecule has 0 amide bonds. The van der Waals surface area contributed by atoms with Crippen molar-refractivity contribution in [2.45, 2.75) is 44.4 Å². The van der Waals surface area contributed by atoms with Gasteiger partial charge in [-0.2, -0.15) is 0 Å². The van der Waals surface area contributed by atoms with Crippen molar-refractivity contribution in [3.63, 3.8) is 0 Å². The molecule has 0 radical (unpaired) electrons. The normalized spacial score (nSPS) is 11.7. The quantitative estimate of drug-likeness (QED) is 0.563. The maximum absolute atomic E-state index is 11.2. The average molecular weight is 264 g/mol. The maximum Gasteiger partial charge on any atom is 1.00 e. The van der Waals surface area contributed by atoms with Gasteiger partial charge < -0.3 is 4.55 Å². The Hall–Kier alpha value is 0.130. The molecule has 0 aromatic heterocycles. The molecule has 90 valence electrons. The molecule has 0 bridgehead atoms. The first-order chi connectivity index (χ1) is 7.23. The minimum Gasteiger partial charge on any atom is -0.744 e. The van der Waals surface area contributed by atoms with E-state index >= 15 is 0 Å². The van der Waals surface area contributed by atoms with E-state index in [1.807, 2.05) is 33.8 Å².